The van der Waals surface area contributed by atoms with Gasteiger partial charge in [0.2, 0.25) is 0 Å². The van der Waals surface area contributed by atoms with Crippen LogP contribution < -0.4 is 5.32 Å². The summed E-state index contributed by atoms with van der Waals surface area (Å²) >= 11 is 0. The maximum Gasteiger partial charge on any atom is 0.410 e. The molecule has 2 aliphatic rings. The number of nitrogens with zero attached hydrogens (tertiary/aromatic N) is 4. The Morgan fingerprint density at radius 1 is 0.814 bits per heavy atom. The number of carbonyl (C=O) groups excluding carboxylic acids is 2. The highest BCUT2D eigenvalue weighted by molar-refractivity contribution is 5.90. The van der Waals surface area contributed by atoms with E-state index in [0.717, 1.165) is 88.4 Å². The zero-order valence-corrected chi connectivity index (χ0v) is 34.9. The first-order valence-electron chi connectivity index (χ1n) is 20.8. The summed E-state index contributed by atoms with van der Waals surface area (Å²) < 4.78 is 10.7. The van der Waals surface area contributed by atoms with E-state index in [9.17, 15) is 9.59 Å². The molecule has 0 aliphatic carbocycles. The molecule has 2 fully saturated rings. The highest BCUT2D eigenvalue weighted by atomic mass is 16.6. The Kier molecular flexibility index (Phi) is 11.3. The van der Waals surface area contributed by atoms with E-state index in [-0.39, 0.29) is 36.1 Å². The third-order valence-corrected chi connectivity index (χ3v) is 11.8. The molecule has 0 bridgehead atoms. The number of imidazole rings is 2. The molecule has 4 unspecified atom stereocenters. The summed E-state index contributed by atoms with van der Waals surface area (Å²) in [7, 11) is 1.40. The molecule has 0 saturated carbocycles. The van der Waals surface area contributed by atoms with E-state index in [4.69, 9.17) is 19.4 Å². The standard InChI is InChI=1S/C48H55N7O4/c1-30(2)41(53-46(56)58-6)29-54-22-10-13-42(54)44-49-27-40(52-44)37-21-20-35-23-34(18-19-36(35)24-37)32-14-16-33(17-15-32)39-26-50-45(51-39)43-25-38(31-11-8-7-9-12-31)28-55(43)47(57)59-48(3,4)5/h7-9,11-12,14-21,23-24,26-27,30,38,41-43H,10,13,22,25,28-29H2,1-6H3,(H,49,52)(H,50,51)(H,53,56). The number of ether oxygens (including phenoxy) is 2. The van der Waals surface area contributed by atoms with E-state index >= 15 is 0 Å². The Bertz CT molecular complexity index is 2400. The fraction of sp³-hybridized carbons (Fsp3) is 0.375. The molecule has 2 aliphatic heterocycles. The first kappa shape index (κ1) is 39.9. The van der Waals surface area contributed by atoms with Gasteiger partial charge in [0.25, 0.3) is 0 Å². The van der Waals surface area contributed by atoms with Gasteiger partial charge < -0.3 is 24.8 Å². The number of methoxy groups -OCH3 is 1. The van der Waals surface area contributed by atoms with Crippen LogP contribution >= 0.6 is 0 Å². The van der Waals surface area contributed by atoms with Crippen molar-refractivity contribution in [3.05, 3.63) is 121 Å². The number of rotatable bonds is 10. The minimum absolute atomic E-state index is 0.0127. The summed E-state index contributed by atoms with van der Waals surface area (Å²) in [5, 5.41) is 5.32. The van der Waals surface area contributed by atoms with Crippen LogP contribution in [-0.4, -0.2) is 80.3 Å². The Balaban J connectivity index is 0.951. The quantitative estimate of drug-likeness (QED) is 0.126. The SMILES string of the molecule is COC(=O)NC(CN1CCCC1c1ncc(-c2ccc3cc(-c4ccc(-c5cnc(C6CC(c7ccccc7)CN6C(=O)OC(C)(C)C)[nH]5)cc4)ccc3c2)[nH]1)C(C)C. The molecule has 11 nitrogen and oxygen atoms in total. The first-order chi connectivity index (χ1) is 28.4. The van der Waals surface area contributed by atoms with Gasteiger partial charge in [0.05, 0.1) is 43.0 Å². The predicted molar refractivity (Wildman–Crippen MR) is 232 cm³/mol. The number of nitrogens with one attached hydrogen (secondary N) is 3. The molecule has 8 rings (SSSR count). The topological polar surface area (TPSA) is 128 Å². The van der Waals surface area contributed by atoms with Crippen LogP contribution in [0.25, 0.3) is 44.4 Å². The van der Waals surface area contributed by atoms with E-state index in [1.165, 1.54) is 12.7 Å². The summed E-state index contributed by atoms with van der Waals surface area (Å²) in [6, 6.07) is 32.0. The first-order valence-corrected chi connectivity index (χ1v) is 20.8. The monoisotopic (exact) mass is 793 g/mol. The number of alkyl carbamates (subject to hydrolysis) is 1. The number of hydrogen-bond acceptors (Lipinski definition) is 7. The lowest BCUT2D eigenvalue weighted by Gasteiger charge is -2.30. The molecular weight excluding hydrogens is 739 g/mol. The highest BCUT2D eigenvalue weighted by Crippen LogP contribution is 2.41. The number of aromatic nitrogens is 4. The van der Waals surface area contributed by atoms with Crippen molar-refractivity contribution in [3.63, 3.8) is 0 Å². The lowest BCUT2D eigenvalue weighted by molar-refractivity contribution is 0.0217. The predicted octanol–water partition coefficient (Wildman–Crippen LogP) is 10.3. The second-order valence-corrected chi connectivity index (χ2v) is 17.3. The van der Waals surface area contributed by atoms with Crippen LogP contribution in [0, 0.1) is 5.92 Å². The number of hydrogen-bond donors (Lipinski definition) is 3. The van der Waals surface area contributed by atoms with E-state index in [1.54, 1.807) is 0 Å². The van der Waals surface area contributed by atoms with Crippen LogP contribution in [0.2, 0.25) is 0 Å². The number of benzene rings is 4. The number of likely N-dealkylation sites (tertiary alicyclic amines) is 2. The van der Waals surface area contributed by atoms with Crippen molar-refractivity contribution in [1.29, 1.82) is 0 Å². The van der Waals surface area contributed by atoms with Crippen molar-refractivity contribution >= 4 is 23.0 Å². The fourth-order valence-corrected chi connectivity index (χ4v) is 8.57. The number of amides is 2. The van der Waals surface area contributed by atoms with E-state index < -0.39 is 11.7 Å². The lowest BCUT2D eigenvalue weighted by Crippen LogP contribution is -2.46. The zero-order valence-electron chi connectivity index (χ0n) is 34.9. The maximum atomic E-state index is 13.4. The van der Waals surface area contributed by atoms with Crippen LogP contribution in [-0.2, 0) is 9.47 Å². The van der Waals surface area contributed by atoms with Crippen LogP contribution in [0.15, 0.2) is 103 Å². The van der Waals surface area contributed by atoms with Crippen LogP contribution in [0.1, 0.15) is 89.1 Å². The Labute approximate surface area is 346 Å². The molecule has 2 amide bonds. The summed E-state index contributed by atoms with van der Waals surface area (Å²) in [5.41, 5.74) is 6.89. The van der Waals surface area contributed by atoms with Crippen molar-refractivity contribution in [1.82, 2.24) is 35.1 Å². The van der Waals surface area contributed by atoms with Gasteiger partial charge in [-0.25, -0.2) is 19.6 Å². The Morgan fingerprint density at radius 3 is 2.08 bits per heavy atom. The average molecular weight is 794 g/mol. The molecule has 4 aromatic carbocycles. The molecule has 0 radical (unpaired) electrons. The number of carbonyl (C=O) groups is 2. The summed E-state index contributed by atoms with van der Waals surface area (Å²) in [5.74, 6) is 2.18. The molecule has 2 aromatic heterocycles. The molecule has 59 heavy (non-hydrogen) atoms. The molecule has 4 atom stereocenters. The average Bonchev–Trinajstić information content (AvgIpc) is 4.07. The Morgan fingerprint density at radius 2 is 1.42 bits per heavy atom. The van der Waals surface area contributed by atoms with Gasteiger partial charge in [-0.3, -0.25) is 9.80 Å². The van der Waals surface area contributed by atoms with Crippen LogP contribution in [0.5, 0.6) is 0 Å². The van der Waals surface area contributed by atoms with Crippen molar-refractivity contribution in [2.45, 2.75) is 83.5 Å². The molecule has 6 aromatic rings. The minimum atomic E-state index is -0.591. The van der Waals surface area contributed by atoms with Gasteiger partial charge in [0.15, 0.2) is 0 Å². The van der Waals surface area contributed by atoms with Crippen LogP contribution in [0.3, 0.4) is 0 Å². The van der Waals surface area contributed by atoms with Gasteiger partial charge in [0, 0.05) is 30.6 Å². The van der Waals surface area contributed by atoms with Crippen molar-refractivity contribution < 1.29 is 19.1 Å². The number of aromatic amines is 2. The van der Waals surface area contributed by atoms with Gasteiger partial charge in [-0.1, -0.05) is 92.7 Å². The lowest BCUT2D eigenvalue weighted by atomic mass is 9.96. The molecule has 11 heteroatoms. The fourth-order valence-electron chi connectivity index (χ4n) is 8.57. The maximum absolute atomic E-state index is 13.4. The smallest absolute Gasteiger partial charge is 0.410 e. The molecule has 0 spiro atoms. The van der Waals surface area contributed by atoms with Gasteiger partial charge >= 0.3 is 12.2 Å². The van der Waals surface area contributed by atoms with Gasteiger partial charge in [-0.15, -0.1) is 0 Å². The van der Waals surface area contributed by atoms with Crippen molar-refractivity contribution in [2.24, 2.45) is 5.92 Å². The van der Waals surface area contributed by atoms with E-state index in [2.05, 4.69) is 107 Å². The summed E-state index contributed by atoms with van der Waals surface area (Å²) in [4.78, 5) is 46.4. The largest absolute Gasteiger partial charge is 0.453 e. The van der Waals surface area contributed by atoms with E-state index in [1.807, 2.05) is 56.3 Å². The third-order valence-electron chi connectivity index (χ3n) is 11.8. The van der Waals surface area contributed by atoms with Crippen LogP contribution in [0.4, 0.5) is 9.59 Å². The number of H-pyrrole nitrogens is 2. The van der Waals surface area contributed by atoms with Gasteiger partial charge in [-0.05, 0) is 97.7 Å². The Hall–Kier alpha value is -5.94. The second-order valence-electron chi connectivity index (χ2n) is 17.3. The normalized spacial score (nSPS) is 19.0. The summed E-state index contributed by atoms with van der Waals surface area (Å²) in [6.45, 7) is 12.2. The molecule has 306 valence electrons. The van der Waals surface area contributed by atoms with Crippen molar-refractivity contribution in [2.75, 3.05) is 26.7 Å². The highest BCUT2D eigenvalue weighted by Gasteiger charge is 2.40. The zero-order chi connectivity index (χ0) is 41.3. The molecule has 3 N–H and O–H groups in total. The van der Waals surface area contributed by atoms with Gasteiger partial charge in [-0.2, -0.15) is 0 Å². The van der Waals surface area contributed by atoms with E-state index in [0.29, 0.717) is 6.54 Å². The molecular formula is C48H55N7O4. The number of fused-ring (bicyclic) bond motifs is 1. The summed E-state index contributed by atoms with van der Waals surface area (Å²) in [6.07, 6.45) is 5.95. The van der Waals surface area contributed by atoms with Crippen molar-refractivity contribution in [3.8, 4) is 33.6 Å². The molecule has 2 saturated heterocycles. The molecule has 4 heterocycles. The minimum Gasteiger partial charge on any atom is -0.453 e. The second kappa shape index (κ2) is 16.7. The third kappa shape index (κ3) is 8.90. The van der Waals surface area contributed by atoms with Gasteiger partial charge in [0.1, 0.15) is 17.2 Å².